The summed E-state index contributed by atoms with van der Waals surface area (Å²) in [5, 5.41) is 15.5. The van der Waals surface area contributed by atoms with Crippen molar-refractivity contribution in [1.82, 2.24) is 5.16 Å². The second kappa shape index (κ2) is 8.65. The highest BCUT2D eigenvalue weighted by atomic mass is 35.5. The monoisotopic (exact) mass is 442 g/mol. The molecule has 0 bridgehead atoms. The largest absolute Gasteiger partial charge is 0.465 e. The van der Waals surface area contributed by atoms with Crippen LogP contribution in [0.4, 0.5) is 17.3 Å². The summed E-state index contributed by atoms with van der Waals surface area (Å²) in [5.74, 6) is -0.167. The molecule has 0 aliphatic carbocycles. The van der Waals surface area contributed by atoms with Gasteiger partial charge in [0.25, 0.3) is 5.69 Å². The fourth-order valence-electron chi connectivity index (χ4n) is 3.54. The van der Waals surface area contributed by atoms with Crippen molar-refractivity contribution in [3.63, 3.8) is 0 Å². The van der Waals surface area contributed by atoms with E-state index in [1.807, 2.05) is 4.90 Å². The summed E-state index contributed by atoms with van der Waals surface area (Å²) in [4.78, 5) is 27.0. The molecular formula is C21H19ClN4O5. The van der Waals surface area contributed by atoms with Crippen molar-refractivity contribution in [3.05, 3.63) is 69.2 Å². The van der Waals surface area contributed by atoms with Gasteiger partial charge in [-0.2, -0.15) is 0 Å². The SMILES string of the molecule is COC(=O)c1c(-c2ccc(Cl)cc2)noc1N1CCN(c2ccc([N+](=O)[O-])cc2)CC1. The Kier molecular flexibility index (Phi) is 5.77. The third-order valence-corrected chi connectivity index (χ3v) is 5.43. The highest BCUT2D eigenvalue weighted by molar-refractivity contribution is 6.30. The lowest BCUT2D eigenvalue weighted by Gasteiger charge is -2.35. The summed E-state index contributed by atoms with van der Waals surface area (Å²) in [7, 11) is 1.32. The maximum absolute atomic E-state index is 12.5. The summed E-state index contributed by atoms with van der Waals surface area (Å²) < 4.78 is 10.6. The van der Waals surface area contributed by atoms with Crippen LogP contribution in [0, 0.1) is 10.1 Å². The van der Waals surface area contributed by atoms with Crippen LogP contribution >= 0.6 is 11.6 Å². The Labute approximate surface area is 182 Å². The number of benzene rings is 2. The van der Waals surface area contributed by atoms with Gasteiger partial charge in [0.1, 0.15) is 5.69 Å². The van der Waals surface area contributed by atoms with Gasteiger partial charge in [-0.05, 0) is 24.3 Å². The van der Waals surface area contributed by atoms with Crippen LogP contribution in [-0.2, 0) is 4.74 Å². The van der Waals surface area contributed by atoms with Gasteiger partial charge in [-0.3, -0.25) is 10.1 Å². The van der Waals surface area contributed by atoms with Gasteiger partial charge in [0.2, 0.25) is 5.88 Å². The van der Waals surface area contributed by atoms with Crippen molar-refractivity contribution in [3.8, 4) is 11.3 Å². The smallest absolute Gasteiger partial charge is 0.345 e. The van der Waals surface area contributed by atoms with Gasteiger partial charge in [0.05, 0.1) is 12.0 Å². The second-order valence-corrected chi connectivity index (χ2v) is 7.39. The Morgan fingerprint density at radius 3 is 2.26 bits per heavy atom. The van der Waals surface area contributed by atoms with E-state index in [4.69, 9.17) is 20.9 Å². The zero-order valence-corrected chi connectivity index (χ0v) is 17.4. The number of piperazine rings is 1. The lowest BCUT2D eigenvalue weighted by atomic mass is 10.1. The van der Waals surface area contributed by atoms with E-state index < -0.39 is 10.9 Å². The molecule has 0 radical (unpaired) electrons. The molecule has 4 rings (SSSR count). The zero-order chi connectivity index (χ0) is 22.0. The number of halogens is 1. The molecule has 0 amide bonds. The number of nitro benzene ring substituents is 1. The van der Waals surface area contributed by atoms with Gasteiger partial charge in [0.15, 0.2) is 5.56 Å². The first-order valence-electron chi connectivity index (χ1n) is 9.56. The topological polar surface area (TPSA) is 102 Å². The molecule has 9 nitrogen and oxygen atoms in total. The first-order chi connectivity index (χ1) is 15.0. The highest BCUT2D eigenvalue weighted by Gasteiger charge is 2.30. The molecule has 1 fully saturated rings. The number of anilines is 2. The van der Waals surface area contributed by atoms with Crippen LogP contribution < -0.4 is 9.80 Å². The molecule has 160 valence electrons. The molecular weight excluding hydrogens is 424 g/mol. The van der Waals surface area contributed by atoms with E-state index >= 15 is 0 Å². The summed E-state index contributed by atoms with van der Waals surface area (Å²) >= 11 is 5.96. The predicted octanol–water partition coefficient (Wildman–Crippen LogP) is 4.02. The van der Waals surface area contributed by atoms with E-state index in [0.29, 0.717) is 48.3 Å². The van der Waals surface area contributed by atoms with Crippen LogP contribution in [0.3, 0.4) is 0 Å². The molecule has 1 aliphatic heterocycles. The van der Waals surface area contributed by atoms with Crippen LogP contribution in [0.1, 0.15) is 10.4 Å². The zero-order valence-electron chi connectivity index (χ0n) is 16.7. The minimum Gasteiger partial charge on any atom is -0.465 e. The highest BCUT2D eigenvalue weighted by Crippen LogP contribution is 2.33. The Hall–Kier alpha value is -3.59. The Morgan fingerprint density at radius 1 is 1.06 bits per heavy atom. The number of hydrogen-bond acceptors (Lipinski definition) is 8. The third kappa shape index (κ3) is 4.17. The molecule has 0 unspecified atom stereocenters. The van der Waals surface area contributed by atoms with Gasteiger partial charge >= 0.3 is 5.97 Å². The molecule has 31 heavy (non-hydrogen) atoms. The van der Waals surface area contributed by atoms with Crippen molar-refractivity contribution in [2.45, 2.75) is 0 Å². The molecule has 2 heterocycles. The van der Waals surface area contributed by atoms with E-state index in [9.17, 15) is 14.9 Å². The van der Waals surface area contributed by atoms with Crippen molar-refractivity contribution >= 4 is 34.8 Å². The number of carbonyl (C=O) groups excluding carboxylic acids is 1. The van der Waals surface area contributed by atoms with Crippen molar-refractivity contribution in [1.29, 1.82) is 0 Å². The lowest BCUT2D eigenvalue weighted by molar-refractivity contribution is -0.384. The first-order valence-corrected chi connectivity index (χ1v) is 9.94. The molecule has 1 saturated heterocycles. The number of non-ortho nitro benzene ring substituents is 1. The molecule has 0 spiro atoms. The molecule has 2 aromatic carbocycles. The number of nitro groups is 1. The van der Waals surface area contributed by atoms with E-state index in [-0.39, 0.29) is 11.3 Å². The number of hydrogen-bond donors (Lipinski definition) is 0. The molecule has 1 aromatic heterocycles. The van der Waals surface area contributed by atoms with E-state index in [0.717, 1.165) is 5.69 Å². The predicted molar refractivity (Wildman–Crippen MR) is 116 cm³/mol. The number of nitrogens with zero attached hydrogens (tertiary/aromatic N) is 4. The minimum atomic E-state index is -0.529. The van der Waals surface area contributed by atoms with Gasteiger partial charge in [-0.1, -0.05) is 28.9 Å². The summed E-state index contributed by atoms with van der Waals surface area (Å²) in [6, 6.07) is 13.4. The number of carbonyl (C=O) groups is 1. The molecule has 0 N–H and O–H groups in total. The molecule has 10 heteroatoms. The number of rotatable bonds is 5. The van der Waals surface area contributed by atoms with E-state index in [1.165, 1.54) is 19.2 Å². The molecule has 1 aliphatic rings. The number of methoxy groups -OCH3 is 1. The van der Waals surface area contributed by atoms with Crippen LogP contribution in [-0.4, -0.2) is 49.3 Å². The summed E-state index contributed by atoms with van der Waals surface area (Å²) in [6.45, 7) is 2.46. The quantitative estimate of drug-likeness (QED) is 0.331. The van der Waals surface area contributed by atoms with E-state index in [1.54, 1.807) is 36.4 Å². The maximum Gasteiger partial charge on any atom is 0.345 e. The standard InChI is InChI=1S/C21H19ClN4O5/c1-30-21(27)18-19(14-2-4-15(22)5-3-14)23-31-20(18)25-12-10-24(11-13-25)16-6-8-17(9-7-16)26(28)29/h2-9H,10-13H2,1H3. The van der Waals surface area contributed by atoms with Crippen LogP contribution in [0.2, 0.25) is 5.02 Å². The van der Waals surface area contributed by atoms with Crippen LogP contribution in [0.5, 0.6) is 0 Å². The van der Waals surface area contributed by atoms with Gasteiger partial charge in [0, 0.05) is 54.6 Å². The Bertz CT molecular complexity index is 1090. The van der Waals surface area contributed by atoms with E-state index in [2.05, 4.69) is 10.1 Å². The number of esters is 1. The average molecular weight is 443 g/mol. The average Bonchev–Trinajstić information content (AvgIpc) is 3.24. The van der Waals surface area contributed by atoms with Crippen LogP contribution in [0.25, 0.3) is 11.3 Å². The van der Waals surface area contributed by atoms with Crippen LogP contribution in [0.15, 0.2) is 53.1 Å². The fourth-order valence-corrected chi connectivity index (χ4v) is 3.67. The van der Waals surface area contributed by atoms with Gasteiger partial charge in [-0.15, -0.1) is 0 Å². The Balaban J connectivity index is 1.54. The van der Waals surface area contributed by atoms with Crippen molar-refractivity contribution < 1.29 is 19.0 Å². The number of aromatic nitrogens is 1. The van der Waals surface area contributed by atoms with Crippen molar-refractivity contribution in [2.24, 2.45) is 0 Å². The maximum atomic E-state index is 12.5. The molecule has 0 atom stereocenters. The normalized spacial score (nSPS) is 13.9. The number of ether oxygens (including phenoxy) is 1. The van der Waals surface area contributed by atoms with Crippen molar-refractivity contribution in [2.75, 3.05) is 43.1 Å². The minimum absolute atomic E-state index is 0.0569. The molecule has 3 aromatic rings. The Morgan fingerprint density at radius 2 is 1.68 bits per heavy atom. The van der Waals surface area contributed by atoms with Gasteiger partial charge in [-0.25, -0.2) is 4.79 Å². The second-order valence-electron chi connectivity index (χ2n) is 6.96. The third-order valence-electron chi connectivity index (χ3n) is 5.17. The lowest BCUT2D eigenvalue weighted by Crippen LogP contribution is -2.46. The summed E-state index contributed by atoms with van der Waals surface area (Å²) in [5.41, 5.74) is 2.33. The first kappa shape index (κ1) is 20.7. The summed E-state index contributed by atoms with van der Waals surface area (Å²) in [6.07, 6.45) is 0. The van der Waals surface area contributed by atoms with Gasteiger partial charge < -0.3 is 19.1 Å². The fraction of sp³-hybridized carbons (Fsp3) is 0.238. The molecule has 0 saturated carbocycles.